The summed E-state index contributed by atoms with van der Waals surface area (Å²) in [5, 5.41) is 3.22. The third-order valence-corrected chi connectivity index (χ3v) is 2.27. The number of carbonyl (C=O) groups is 1. The quantitative estimate of drug-likeness (QED) is 0.658. The van der Waals surface area contributed by atoms with E-state index in [1.165, 1.54) is 0 Å². The van der Waals surface area contributed by atoms with Gasteiger partial charge in [0.05, 0.1) is 12.5 Å². The Hall–Kier alpha value is -0.610. The Morgan fingerprint density at radius 3 is 2.69 bits per heavy atom. The van der Waals surface area contributed by atoms with E-state index >= 15 is 0 Å². The summed E-state index contributed by atoms with van der Waals surface area (Å²) in [4.78, 5) is 13.6. The molecule has 0 bridgehead atoms. The lowest BCUT2D eigenvalue weighted by atomic mass is 10.1. The minimum atomic E-state index is -0.0110. The van der Waals surface area contributed by atoms with Gasteiger partial charge >= 0.3 is 0 Å². The maximum absolute atomic E-state index is 11.7. The van der Waals surface area contributed by atoms with Crippen molar-refractivity contribution in [3.05, 3.63) is 0 Å². The van der Waals surface area contributed by atoms with E-state index < -0.39 is 0 Å². The molecule has 13 heavy (non-hydrogen) atoms. The van der Waals surface area contributed by atoms with Gasteiger partial charge in [0.1, 0.15) is 0 Å². The van der Waals surface area contributed by atoms with E-state index in [9.17, 15) is 4.79 Å². The Bertz CT molecular complexity index is 167. The average Bonchev–Trinajstić information content (AvgIpc) is 2.18. The third kappa shape index (κ3) is 2.97. The largest absolute Gasteiger partial charge is 0.384 e. The molecule has 1 N–H and O–H groups in total. The molecule has 1 aliphatic heterocycles. The highest BCUT2D eigenvalue weighted by molar-refractivity contribution is 5.78. The molecule has 0 saturated carbocycles. The standard InChI is InChI=1S/C9H18N2O2/c1-8(7-13-2)9(12)11-5-3-10-4-6-11/h8,10H,3-7H2,1-2H3/t8-/m0/s1. The van der Waals surface area contributed by atoms with Gasteiger partial charge < -0.3 is 15.0 Å². The number of nitrogens with zero attached hydrogens (tertiary/aromatic N) is 1. The minimum Gasteiger partial charge on any atom is -0.384 e. The smallest absolute Gasteiger partial charge is 0.227 e. The molecule has 1 amide bonds. The van der Waals surface area contributed by atoms with Gasteiger partial charge in [-0.25, -0.2) is 0 Å². The van der Waals surface area contributed by atoms with Crippen LogP contribution in [0.25, 0.3) is 0 Å². The second-order valence-electron chi connectivity index (χ2n) is 3.43. The fourth-order valence-electron chi connectivity index (χ4n) is 1.52. The molecule has 1 saturated heterocycles. The van der Waals surface area contributed by atoms with Gasteiger partial charge in [0, 0.05) is 33.3 Å². The van der Waals surface area contributed by atoms with Gasteiger partial charge in [-0.1, -0.05) is 6.92 Å². The van der Waals surface area contributed by atoms with Crippen molar-refractivity contribution in [2.24, 2.45) is 5.92 Å². The zero-order valence-corrected chi connectivity index (χ0v) is 8.38. The highest BCUT2D eigenvalue weighted by Crippen LogP contribution is 2.03. The molecule has 0 spiro atoms. The van der Waals surface area contributed by atoms with Crippen LogP contribution in [0.2, 0.25) is 0 Å². The van der Waals surface area contributed by atoms with Gasteiger partial charge in [-0.3, -0.25) is 4.79 Å². The average molecular weight is 186 g/mol. The first-order valence-electron chi connectivity index (χ1n) is 4.74. The Labute approximate surface area is 79.2 Å². The Morgan fingerprint density at radius 2 is 2.15 bits per heavy atom. The minimum absolute atomic E-state index is 0.0110. The number of piperazine rings is 1. The Morgan fingerprint density at radius 1 is 1.54 bits per heavy atom. The molecule has 4 nitrogen and oxygen atoms in total. The number of rotatable bonds is 3. The number of hydrogen-bond acceptors (Lipinski definition) is 3. The lowest BCUT2D eigenvalue weighted by molar-refractivity contribution is -0.137. The van der Waals surface area contributed by atoms with Crippen molar-refractivity contribution in [1.82, 2.24) is 10.2 Å². The highest BCUT2D eigenvalue weighted by Gasteiger charge is 2.21. The van der Waals surface area contributed by atoms with Gasteiger partial charge in [0.15, 0.2) is 0 Å². The molecule has 1 atom stereocenters. The van der Waals surface area contributed by atoms with Crippen molar-refractivity contribution < 1.29 is 9.53 Å². The summed E-state index contributed by atoms with van der Waals surface area (Å²) in [5.41, 5.74) is 0. The molecule has 0 aromatic carbocycles. The number of hydrogen-bond donors (Lipinski definition) is 1. The third-order valence-electron chi connectivity index (χ3n) is 2.27. The molecule has 0 aromatic rings. The van der Waals surface area contributed by atoms with Crippen LogP contribution in [0, 0.1) is 5.92 Å². The van der Waals surface area contributed by atoms with Gasteiger partial charge in [0.25, 0.3) is 0 Å². The predicted molar refractivity (Wildman–Crippen MR) is 50.5 cm³/mol. The molecule has 0 radical (unpaired) electrons. The zero-order chi connectivity index (χ0) is 9.68. The summed E-state index contributed by atoms with van der Waals surface area (Å²) < 4.78 is 4.95. The van der Waals surface area contributed by atoms with Crippen LogP contribution < -0.4 is 5.32 Å². The molecular formula is C9H18N2O2. The maximum atomic E-state index is 11.7. The summed E-state index contributed by atoms with van der Waals surface area (Å²) in [6.07, 6.45) is 0. The molecule has 1 heterocycles. The lowest BCUT2D eigenvalue weighted by Crippen LogP contribution is -2.48. The molecule has 0 aromatic heterocycles. The van der Waals surface area contributed by atoms with E-state index in [0.29, 0.717) is 6.61 Å². The molecule has 1 fully saturated rings. The van der Waals surface area contributed by atoms with Crippen molar-refractivity contribution in [3.63, 3.8) is 0 Å². The SMILES string of the molecule is COC[C@H](C)C(=O)N1CCNCC1. The number of nitrogens with one attached hydrogen (secondary N) is 1. The van der Waals surface area contributed by atoms with Crippen LogP contribution in [-0.4, -0.2) is 50.7 Å². The second kappa shape index (κ2) is 5.19. The van der Waals surface area contributed by atoms with Crippen LogP contribution in [0.1, 0.15) is 6.92 Å². The molecule has 76 valence electrons. The van der Waals surface area contributed by atoms with E-state index in [0.717, 1.165) is 26.2 Å². The monoisotopic (exact) mass is 186 g/mol. The van der Waals surface area contributed by atoms with E-state index in [-0.39, 0.29) is 11.8 Å². The summed E-state index contributed by atoms with van der Waals surface area (Å²) in [6, 6.07) is 0. The number of ether oxygens (including phenoxy) is 1. The molecule has 0 aliphatic carbocycles. The van der Waals surface area contributed by atoms with Crippen molar-refractivity contribution >= 4 is 5.91 Å². The molecule has 1 aliphatic rings. The topological polar surface area (TPSA) is 41.6 Å². The van der Waals surface area contributed by atoms with Gasteiger partial charge in [0.2, 0.25) is 5.91 Å². The van der Waals surface area contributed by atoms with Crippen LogP contribution in [-0.2, 0) is 9.53 Å². The predicted octanol–water partition coefficient (Wildman–Crippen LogP) is -0.299. The maximum Gasteiger partial charge on any atom is 0.227 e. The van der Waals surface area contributed by atoms with Crippen molar-refractivity contribution in [2.75, 3.05) is 39.9 Å². The normalized spacial score (nSPS) is 20.0. The van der Waals surface area contributed by atoms with E-state index in [2.05, 4.69) is 5.32 Å². The Balaban J connectivity index is 2.36. The molecular weight excluding hydrogens is 168 g/mol. The first-order chi connectivity index (χ1) is 6.25. The fraction of sp³-hybridized carbons (Fsp3) is 0.889. The number of methoxy groups -OCH3 is 1. The van der Waals surface area contributed by atoms with E-state index in [4.69, 9.17) is 4.74 Å². The van der Waals surface area contributed by atoms with Gasteiger partial charge in [-0.15, -0.1) is 0 Å². The van der Waals surface area contributed by atoms with E-state index in [1.807, 2.05) is 11.8 Å². The lowest BCUT2D eigenvalue weighted by Gasteiger charge is -2.29. The van der Waals surface area contributed by atoms with E-state index in [1.54, 1.807) is 7.11 Å². The van der Waals surface area contributed by atoms with Crippen molar-refractivity contribution in [2.45, 2.75) is 6.92 Å². The van der Waals surface area contributed by atoms with Crippen LogP contribution in [0.5, 0.6) is 0 Å². The summed E-state index contributed by atoms with van der Waals surface area (Å²) >= 11 is 0. The summed E-state index contributed by atoms with van der Waals surface area (Å²) in [7, 11) is 1.63. The van der Waals surface area contributed by atoms with Crippen LogP contribution in [0.15, 0.2) is 0 Å². The van der Waals surface area contributed by atoms with Gasteiger partial charge in [-0.05, 0) is 0 Å². The first kappa shape index (κ1) is 10.5. The van der Waals surface area contributed by atoms with Crippen LogP contribution in [0.4, 0.5) is 0 Å². The molecule has 1 rings (SSSR count). The summed E-state index contributed by atoms with van der Waals surface area (Å²) in [6.45, 7) is 5.90. The second-order valence-corrected chi connectivity index (χ2v) is 3.43. The fourth-order valence-corrected chi connectivity index (χ4v) is 1.52. The first-order valence-corrected chi connectivity index (χ1v) is 4.74. The molecule has 0 unspecified atom stereocenters. The zero-order valence-electron chi connectivity index (χ0n) is 8.38. The van der Waals surface area contributed by atoms with Crippen LogP contribution in [0.3, 0.4) is 0 Å². The number of carbonyl (C=O) groups excluding carboxylic acids is 1. The summed E-state index contributed by atoms with van der Waals surface area (Å²) in [5.74, 6) is 0.200. The molecule has 4 heteroatoms. The van der Waals surface area contributed by atoms with Crippen molar-refractivity contribution in [3.8, 4) is 0 Å². The highest BCUT2D eigenvalue weighted by atomic mass is 16.5. The van der Waals surface area contributed by atoms with Gasteiger partial charge in [-0.2, -0.15) is 0 Å². The van der Waals surface area contributed by atoms with Crippen LogP contribution >= 0.6 is 0 Å². The Kier molecular flexibility index (Phi) is 4.18. The van der Waals surface area contributed by atoms with Crippen molar-refractivity contribution in [1.29, 1.82) is 0 Å². The number of amides is 1.